The first kappa shape index (κ1) is 17.4. The molecule has 1 aliphatic rings. The van der Waals surface area contributed by atoms with Crippen LogP contribution < -0.4 is 5.32 Å². The maximum Gasteiger partial charge on any atom is 0.274 e. The molecule has 0 saturated heterocycles. The number of rotatable bonds is 6. The fourth-order valence-corrected chi connectivity index (χ4v) is 3.27. The van der Waals surface area contributed by atoms with Crippen LogP contribution in [0.25, 0.3) is 0 Å². The molecule has 1 aliphatic carbocycles. The van der Waals surface area contributed by atoms with E-state index in [1.807, 2.05) is 11.9 Å². The smallest absolute Gasteiger partial charge is 0.274 e. The van der Waals surface area contributed by atoms with Crippen molar-refractivity contribution in [1.82, 2.24) is 4.90 Å². The quantitative estimate of drug-likeness (QED) is 0.644. The van der Waals surface area contributed by atoms with Crippen LogP contribution >= 0.6 is 0 Å². The highest BCUT2D eigenvalue weighted by molar-refractivity contribution is 5.93. The number of nitro groups is 1. The first-order valence-electron chi connectivity index (χ1n) is 8.19. The molecule has 6 nitrogen and oxygen atoms in total. The second-order valence-corrected chi connectivity index (χ2v) is 6.46. The van der Waals surface area contributed by atoms with Gasteiger partial charge in [-0.1, -0.05) is 25.3 Å². The number of carbonyl (C=O) groups is 1. The lowest BCUT2D eigenvalue weighted by Crippen LogP contribution is -2.34. The summed E-state index contributed by atoms with van der Waals surface area (Å²) in [5.74, 6) is 0.549. The van der Waals surface area contributed by atoms with E-state index < -0.39 is 4.92 Å². The number of benzene rings is 1. The van der Waals surface area contributed by atoms with Gasteiger partial charge in [-0.15, -0.1) is 0 Å². The number of carbonyl (C=O) groups excluding carboxylic acids is 1. The first-order chi connectivity index (χ1) is 11.0. The molecule has 0 spiro atoms. The number of anilines is 1. The molecule has 1 fully saturated rings. The van der Waals surface area contributed by atoms with Crippen molar-refractivity contribution in [2.24, 2.45) is 5.92 Å². The predicted octanol–water partition coefficient (Wildman–Crippen LogP) is 3.35. The van der Waals surface area contributed by atoms with Crippen LogP contribution in [-0.2, 0) is 4.79 Å². The second kappa shape index (κ2) is 8.06. The summed E-state index contributed by atoms with van der Waals surface area (Å²) in [6.07, 6.45) is 6.40. The lowest BCUT2D eigenvalue weighted by atomic mass is 9.89. The molecule has 126 valence electrons. The Balaban J connectivity index is 1.89. The van der Waals surface area contributed by atoms with E-state index in [9.17, 15) is 14.9 Å². The Morgan fingerprint density at radius 3 is 2.70 bits per heavy atom. The van der Waals surface area contributed by atoms with Gasteiger partial charge >= 0.3 is 0 Å². The van der Waals surface area contributed by atoms with Crippen molar-refractivity contribution in [3.05, 3.63) is 33.9 Å². The van der Waals surface area contributed by atoms with Crippen LogP contribution in [0.1, 0.15) is 37.7 Å². The van der Waals surface area contributed by atoms with Crippen molar-refractivity contribution in [2.75, 3.05) is 25.5 Å². The van der Waals surface area contributed by atoms with Gasteiger partial charge in [-0.3, -0.25) is 19.8 Å². The molecular formula is C17H25N3O3. The van der Waals surface area contributed by atoms with Gasteiger partial charge in [-0.05, 0) is 38.8 Å². The van der Waals surface area contributed by atoms with Crippen LogP contribution in [-0.4, -0.2) is 35.9 Å². The zero-order chi connectivity index (χ0) is 16.8. The predicted molar refractivity (Wildman–Crippen MR) is 90.5 cm³/mol. The first-order valence-corrected chi connectivity index (χ1v) is 8.19. The molecule has 1 N–H and O–H groups in total. The van der Waals surface area contributed by atoms with Crippen molar-refractivity contribution >= 4 is 17.3 Å². The van der Waals surface area contributed by atoms with Crippen molar-refractivity contribution in [2.45, 2.75) is 39.0 Å². The van der Waals surface area contributed by atoms with Crippen molar-refractivity contribution < 1.29 is 9.72 Å². The van der Waals surface area contributed by atoms with Crippen LogP contribution in [0.4, 0.5) is 11.4 Å². The standard InChI is InChI=1S/C17H25N3O3/c1-13-15(9-6-10-16(13)20(22)23)18-17(21)12-19(2)11-14-7-4-3-5-8-14/h6,9-10,14H,3-5,7-8,11-12H2,1-2H3,(H,18,21). The van der Waals surface area contributed by atoms with E-state index in [2.05, 4.69) is 5.32 Å². The normalized spacial score (nSPS) is 15.6. The highest BCUT2D eigenvalue weighted by Crippen LogP contribution is 2.25. The van der Waals surface area contributed by atoms with Crippen molar-refractivity contribution in [3.8, 4) is 0 Å². The summed E-state index contributed by atoms with van der Waals surface area (Å²) in [6, 6.07) is 4.73. The van der Waals surface area contributed by atoms with E-state index in [0.717, 1.165) is 6.54 Å². The summed E-state index contributed by atoms with van der Waals surface area (Å²) in [6.45, 7) is 2.89. The van der Waals surface area contributed by atoms with Gasteiger partial charge in [0, 0.05) is 12.6 Å². The average Bonchev–Trinajstić information content (AvgIpc) is 2.49. The molecule has 0 atom stereocenters. The molecule has 1 amide bonds. The summed E-state index contributed by atoms with van der Waals surface area (Å²) in [5, 5.41) is 13.7. The molecule has 6 heteroatoms. The highest BCUT2D eigenvalue weighted by atomic mass is 16.6. The summed E-state index contributed by atoms with van der Waals surface area (Å²) in [5.41, 5.74) is 1.02. The molecule has 0 aliphatic heterocycles. The van der Waals surface area contributed by atoms with Gasteiger partial charge < -0.3 is 5.32 Å². The van der Waals surface area contributed by atoms with Gasteiger partial charge in [-0.2, -0.15) is 0 Å². The largest absolute Gasteiger partial charge is 0.324 e. The lowest BCUT2D eigenvalue weighted by Gasteiger charge is -2.26. The monoisotopic (exact) mass is 319 g/mol. The van der Waals surface area contributed by atoms with Crippen LogP contribution in [0.2, 0.25) is 0 Å². The van der Waals surface area contributed by atoms with Crippen LogP contribution in [0.3, 0.4) is 0 Å². The van der Waals surface area contributed by atoms with E-state index in [1.54, 1.807) is 19.1 Å². The molecule has 0 radical (unpaired) electrons. The summed E-state index contributed by atoms with van der Waals surface area (Å²) >= 11 is 0. The van der Waals surface area contributed by atoms with Crippen molar-refractivity contribution in [3.63, 3.8) is 0 Å². The Morgan fingerprint density at radius 2 is 2.04 bits per heavy atom. The Kier molecular flexibility index (Phi) is 6.10. The average molecular weight is 319 g/mol. The maximum atomic E-state index is 12.2. The molecular weight excluding hydrogens is 294 g/mol. The molecule has 1 saturated carbocycles. The number of nitrogens with one attached hydrogen (secondary N) is 1. The Morgan fingerprint density at radius 1 is 1.35 bits per heavy atom. The summed E-state index contributed by atoms with van der Waals surface area (Å²) in [4.78, 5) is 24.7. The second-order valence-electron chi connectivity index (χ2n) is 6.46. The van der Waals surface area contributed by atoms with E-state index in [4.69, 9.17) is 0 Å². The van der Waals surface area contributed by atoms with Gasteiger partial charge in [0.15, 0.2) is 0 Å². The third-order valence-electron chi connectivity index (χ3n) is 4.48. The third-order valence-corrected chi connectivity index (χ3v) is 4.48. The minimum absolute atomic E-state index is 0.0263. The van der Waals surface area contributed by atoms with Crippen LogP contribution in [0, 0.1) is 23.0 Å². The summed E-state index contributed by atoms with van der Waals surface area (Å²) in [7, 11) is 1.95. The van der Waals surface area contributed by atoms with Crippen LogP contribution in [0.15, 0.2) is 18.2 Å². The van der Waals surface area contributed by atoms with Crippen molar-refractivity contribution in [1.29, 1.82) is 0 Å². The zero-order valence-corrected chi connectivity index (χ0v) is 13.9. The topological polar surface area (TPSA) is 75.5 Å². The SMILES string of the molecule is Cc1c(NC(=O)CN(C)CC2CCCCC2)cccc1[N+](=O)[O-]. The highest BCUT2D eigenvalue weighted by Gasteiger charge is 2.18. The van der Waals surface area contributed by atoms with E-state index >= 15 is 0 Å². The molecule has 2 rings (SSSR count). The van der Waals surface area contributed by atoms with Gasteiger partial charge in [0.25, 0.3) is 5.69 Å². The van der Waals surface area contributed by atoms with E-state index in [0.29, 0.717) is 23.7 Å². The fraction of sp³-hybridized carbons (Fsp3) is 0.588. The molecule has 1 aromatic carbocycles. The summed E-state index contributed by atoms with van der Waals surface area (Å²) < 4.78 is 0. The molecule has 0 heterocycles. The van der Waals surface area contributed by atoms with Gasteiger partial charge in [0.2, 0.25) is 5.91 Å². The van der Waals surface area contributed by atoms with Gasteiger partial charge in [-0.25, -0.2) is 0 Å². The molecule has 0 aromatic heterocycles. The molecule has 0 bridgehead atoms. The Hall–Kier alpha value is -1.95. The van der Waals surface area contributed by atoms with Crippen LogP contribution in [0.5, 0.6) is 0 Å². The number of hydrogen-bond acceptors (Lipinski definition) is 4. The zero-order valence-electron chi connectivity index (χ0n) is 13.9. The Labute approximate surface area is 137 Å². The number of amides is 1. The van der Waals surface area contributed by atoms with E-state index in [-0.39, 0.29) is 11.6 Å². The third kappa shape index (κ3) is 5.03. The molecule has 23 heavy (non-hydrogen) atoms. The number of hydrogen-bond donors (Lipinski definition) is 1. The number of nitrogens with zero attached hydrogens (tertiary/aromatic N) is 2. The minimum Gasteiger partial charge on any atom is -0.324 e. The number of nitro benzene ring substituents is 1. The maximum absolute atomic E-state index is 12.2. The van der Waals surface area contributed by atoms with Gasteiger partial charge in [0.1, 0.15) is 0 Å². The number of likely N-dealkylation sites (N-methyl/N-ethyl adjacent to an activating group) is 1. The Bertz CT molecular complexity index is 568. The van der Waals surface area contributed by atoms with E-state index in [1.165, 1.54) is 38.2 Å². The molecule has 1 aromatic rings. The van der Waals surface area contributed by atoms with Gasteiger partial charge in [0.05, 0.1) is 22.7 Å². The minimum atomic E-state index is -0.430. The lowest BCUT2D eigenvalue weighted by molar-refractivity contribution is -0.385. The fourth-order valence-electron chi connectivity index (χ4n) is 3.27. The molecule has 0 unspecified atom stereocenters.